The Morgan fingerprint density at radius 2 is 1.52 bits per heavy atom. The van der Waals surface area contributed by atoms with Gasteiger partial charge in [-0.15, -0.1) is 0 Å². The number of rotatable bonds is 13. The van der Waals surface area contributed by atoms with Crippen LogP contribution in [0.25, 0.3) is 39.0 Å². The van der Waals surface area contributed by atoms with Crippen LogP contribution in [0.15, 0.2) is 66.9 Å². The van der Waals surface area contributed by atoms with Crippen LogP contribution in [0.1, 0.15) is 62.5 Å². The summed E-state index contributed by atoms with van der Waals surface area (Å²) < 4.78 is 19.7. The summed E-state index contributed by atoms with van der Waals surface area (Å²) in [4.78, 5) is 21.6. The number of hydrogen-bond donors (Lipinski definition) is 2. The van der Waals surface area contributed by atoms with E-state index >= 15 is 0 Å². The van der Waals surface area contributed by atoms with Gasteiger partial charge in [0.1, 0.15) is 11.5 Å². The molecule has 2 bridgehead atoms. The molecular weight excluding hydrogens is 730 g/mol. The average Bonchev–Trinajstić information content (AvgIpc) is 3.65. The molecule has 5 aromatic rings. The third kappa shape index (κ3) is 6.58. The summed E-state index contributed by atoms with van der Waals surface area (Å²) in [6.45, 7) is 1.28. The number of carboxylic acids is 1. The van der Waals surface area contributed by atoms with Crippen molar-refractivity contribution in [2.45, 2.75) is 82.1 Å². The highest BCUT2D eigenvalue weighted by Crippen LogP contribution is 2.55. The summed E-state index contributed by atoms with van der Waals surface area (Å²) in [6.07, 6.45) is 7.98. The molecule has 4 saturated carbocycles. The molecule has 4 fully saturated rings. The Morgan fingerprint density at radius 3 is 2.14 bits per heavy atom. The van der Waals surface area contributed by atoms with Gasteiger partial charge in [0.15, 0.2) is 0 Å². The van der Waals surface area contributed by atoms with Crippen molar-refractivity contribution >= 4 is 28.5 Å². The molecule has 0 aliphatic heterocycles. The molecule has 2 heterocycles. The van der Waals surface area contributed by atoms with E-state index in [-0.39, 0.29) is 11.6 Å². The van der Waals surface area contributed by atoms with Crippen LogP contribution in [0.5, 0.6) is 17.4 Å². The smallest absolute Gasteiger partial charge is 0.309 e. The first-order valence-electron chi connectivity index (χ1n) is 19.4. The molecule has 11 nitrogen and oxygen atoms in total. The summed E-state index contributed by atoms with van der Waals surface area (Å²) in [5, 5.41) is 26.1. The van der Waals surface area contributed by atoms with Crippen molar-refractivity contribution in [2.24, 2.45) is 5.41 Å². The Kier molecular flexibility index (Phi) is 10.2. The number of aromatic nitrogens is 3. The first-order chi connectivity index (χ1) is 27.0. The maximum Gasteiger partial charge on any atom is 0.309 e. The van der Waals surface area contributed by atoms with Gasteiger partial charge >= 0.3 is 5.97 Å². The van der Waals surface area contributed by atoms with E-state index in [0.29, 0.717) is 66.5 Å². The van der Waals surface area contributed by atoms with Crippen molar-refractivity contribution in [1.82, 2.24) is 24.6 Å². The zero-order valence-electron chi connectivity index (χ0n) is 32.7. The molecule has 0 amide bonds. The largest absolute Gasteiger partial charge is 0.496 e. The van der Waals surface area contributed by atoms with Crippen molar-refractivity contribution in [1.29, 1.82) is 0 Å². The van der Waals surface area contributed by atoms with Crippen molar-refractivity contribution in [3.63, 3.8) is 0 Å². The van der Waals surface area contributed by atoms with Crippen LogP contribution in [-0.2, 0) is 17.9 Å². The fourth-order valence-corrected chi connectivity index (χ4v) is 9.70. The van der Waals surface area contributed by atoms with E-state index in [4.69, 9.17) is 35.9 Å². The fraction of sp³-hybridized carbons (Fsp3) is 0.432. The predicted octanol–water partition coefficient (Wildman–Crippen LogP) is 8.00. The number of aliphatic hydroxyl groups is 1. The van der Waals surface area contributed by atoms with Gasteiger partial charge in [0, 0.05) is 58.9 Å². The van der Waals surface area contributed by atoms with Crippen molar-refractivity contribution in [3.05, 3.63) is 83.0 Å². The number of hydrogen-bond acceptors (Lipinski definition) is 9. The Bertz CT molecular complexity index is 2240. The third-order valence-corrected chi connectivity index (χ3v) is 13.6. The lowest BCUT2D eigenvalue weighted by Gasteiger charge is -2.55. The summed E-state index contributed by atoms with van der Waals surface area (Å²) in [5.74, 6) is 1.31. The third-order valence-electron chi connectivity index (χ3n) is 13.1. The molecule has 12 heteroatoms. The molecule has 2 aromatic heterocycles. The van der Waals surface area contributed by atoms with Gasteiger partial charge in [-0.1, -0.05) is 48.0 Å². The number of ether oxygens (including phenoxy) is 3. The Morgan fingerprint density at radius 1 is 0.875 bits per heavy atom. The zero-order valence-corrected chi connectivity index (χ0v) is 33.5. The van der Waals surface area contributed by atoms with E-state index in [1.165, 1.54) is 0 Å². The van der Waals surface area contributed by atoms with E-state index in [2.05, 4.69) is 30.0 Å². The SMILES string of the molecule is COc1cc(-n2ncc3c(-c4cccc(-c5ccc(CN(C)C6CC(O)C6)c(OC)n5)c4Cl)cccc32)cc(OC)c1CN(C)C12CCC(C(=O)O)(CC1)CC2. The summed E-state index contributed by atoms with van der Waals surface area (Å²) in [7, 11) is 9.19. The monoisotopic (exact) mass is 779 g/mol. The van der Waals surface area contributed by atoms with E-state index in [0.717, 1.165) is 76.5 Å². The summed E-state index contributed by atoms with van der Waals surface area (Å²) >= 11 is 7.24. The minimum Gasteiger partial charge on any atom is -0.496 e. The van der Waals surface area contributed by atoms with E-state index in [1.807, 2.05) is 65.5 Å². The van der Waals surface area contributed by atoms with Crippen LogP contribution in [-0.4, -0.2) is 93.9 Å². The predicted molar refractivity (Wildman–Crippen MR) is 217 cm³/mol. The lowest BCUT2D eigenvalue weighted by molar-refractivity contribution is -0.160. The number of pyridine rings is 1. The molecule has 4 aliphatic rings. The highest BCUT2D eigenvalue weighted by Gasteiger charge is 2.54. The first kappa shape index (κ1) is 38.2. The maximum atomic E-state index is 12.1. The van der Waals surface area contributed by atoms with E-state index < -0.39 is 11.4 Å². The maximum absolute atomic E-state index is 12.1. The number of methoxy groups -OCH3 is 3. The van der Waals surface area contributed by atoms with Crippen LogP contribution in [0, 0.1) is 5.41 Å². The molecule has 0 radical (unpaired) electrons. The summed E-state index contributed by atoms with van der Waals surface area (Å²) in [5.41, 5.74) is 6.34. The Labute approximate surface area is 332 Å². The van der Waals surface area contributed by atoms with Crippen LogP contribution in [0.3, 0.4) is 0 Å². The van der Waals surface area contributed by atoms with Crippen LogP contribution in [0.2, 0.25) is 5.02 Å². The van der Waals surface area contributed by atoms with Crippen molar-refractivity contribution in [2.75, 3.05) is 35.4 Å². The quantitative estimate of drug-likeness (QED) is 0.122. The van der Waals surface area contributed by atoms with Gasteiger partial charge in [-0.25, -0.2) is 9.67 Å². The highest BCUT2D eigenvalue weighted by atomic mass is 35.5. The molecule has 0 spiro atoms. The van der Waals surface area contributed by atoms with Crippen molar-refractivity contribution in [3.8, 4) is 45.5 Å². The van der Waals surface area contributed by atoms with Crippen LogP contribution in [0.4, 0.5) is 0 Å². The van der Waals surface area contributed by atoms with E-state index in [9.17, 15) is 15.0 Å². The number of aliphatic carboxylic acids is 1. The topological polar surface area (TPSA) is 122 Å². The molecule has 9 rings (SSSR count). The molecule has 56 heavy (non-hydrogen) atoms. The first-order valence-corrected chi connectivity index (χ1v) is 19.8. The van der Waals surface area contributed by atoms with Gasteiger partial charge in [-0.3, -0.25) is 14.6 Å². The van der Waals surface area contributed by atoms with Gasteiger partial charge in [0.2, 0.25) is 5.88 Å². The number of halogens is 1. The summed E-state index contributed by atoms with van der Waals surface area (Å²) in [6, 6.07) is 20.5. The molecule has 0 atom stereocenters. The number of nitrogens with zero attached hydrogens (tertiary/aromatic N) is 5. The van der Waals surface area contributed by atoms with Crippen LogP contribution >= 0.6 is 11.6 Å². The van der Waals surface area contributed by atoms with Gasteiger partial charge in [0.05, 0.1) is 66.5 Å². The standard InChI is InChI=1S/C44H50ClN5O6/c1-48(28-20-30(51)21-28)25-27-12-13-36(47-41(27)56-5)33-10-6-9-32(40(33)45)31-8-7-11-37-34(31)24-46-50(37)29-22-38(54-3)35(39(23-29)55-4)26-49(2)44-17-14-43(15-18-44,16-19-44)42(52)53/h6-13,22-24,28,30,51H,14-21,25-26H2,1-5H3,(H,52,53). The molecule has 0 unspecified atom stereocenters. The number of fused-ring (bicyclic) bond motifs is 4. The molecule has 4 aliphatic carbocycles. The minimum absolute atomic E-state index is 0.0390. The van der Waals surface area contributed by atoms with Gasteiger partial charge in [0.25, 0.3) is 0 Å². The van der Waals surface area contributed by atoms with Gasteiger partial charge in [-0.2, -0.15) is 5.10 Å². The van der Waals surface area contributed by atoms with E-state index in [1.54, 1.807) is 21.3 Å². The van der Waals surface area contributed by atoms with Gasteiger partial charge < -0.3 is 24.4 Å². The van der Waals surface area contributed by atoms with Gasteiger partial charge in [-0.05, 0) is 83.2 Å². The number of aliphatic hydroxyl groups excluding tert-OH is 1. The average molecular weight is 780 g/mol. The zero-order chi connectivity index (χ0) is 39.4. The lowest BCUT2D eigenvalue weighted by Crippen LogP contribution is -2.56. The number of carboxylic acid groups (broad SMARTS) is 1. The molecule has 3 aromatic carbocycles. The Hall–Kier alpha value is -4.68. The molecule has 2 N–H and O–H groups in total. The normalized spacial score (nSPS) is 23.1. The molecular formula is C44H50ClN5O6. The number of carbonyl (C=O) groups is 1. The lowest BCUT2D eigenvalue weighted by atomic mass is 9.57. The second-order valence-electron chi connectivity index (χ2n) is 16.0. The molecule has 0 saturated heterocycles. The minimum atomic E-state index is -0.645. The second kappa shape index (κ2) is 15.0. The second-order valence-corrected chi connectivity index (χ2v) is 16.4. The highest BCUT2D eigenvalue weighted by molar-refractivity contribution is 6.36. The molecule has 294 valence electrons. The van der Waals surface area contributed by atoms with Crippen molar-refractivity contribution < 1.29 is 29.2 Å². The fourth-order valence-electron chi connectivity index (χ4n) is 9.38. The van der Waals surface area contributed by atoms with Crippen LogP contribution < -0.4 is 14.2 Å². The Balaban J connectivity index is 1.08. The number of benzene rings is 3.